The Morgan fingerprint density at radius 2 is 2.19 bits per heavy atom. The summed E-state index contributed by atoms with van der Waals surface area (Å²) in [4.78, 5) is 23.7. The van der Waals surface area contributed by atoms with Crippen LogP contribution in [0.2, 0.25) is 0 Å². The monoisotopic (exact) mass is 349 g/mol. The Morgan fingerprint density at radius 3 is 3.00 bits per heavy atom. The van der Waals surface area contributed by atoms with E-state index in [1.807, 2.05) is 28.8 Å². The van der Waals surface area contributed by atoms with Gasteiger partial charge in [-0.05, 0) is 54.3 Å². The average molecular weight is 349 g/mol. The molecule has 4 aromatic rings. The van der Waals surface area contributed by atoms with E-state index in [0.29, 0.717) is 12.2 Å². The molecule has 130 valence electrons. The average Bonchev–Trinajstić information content (AvgIpc) is 3.02. The number of pyridine rings is 1. The van der Waals surface area contributed by atoms with E-state index in [0.717, 1.165) is 33.4 Å². The summed E-state index contributed by atoms with van der Waals surface area (Å²) >= 11 is 0. The van der Waals surface area contributed by atoms with E-state index in [9.17, 15) is 9.18 Å². The van der Waals surface area contributed by atoms with Crippen molar-refractivity contribution in [2.24, 2.45) is 5.92 Å². The van der Waals surface area contributed by atoms with E-state index in [4.69, 9.17) is 0 Å². The van der Waals surface area contributed by atoms with Gasteiger partial charge in [0.25, 0.3) is 0 Å². The van der Waals surface area contributed by atoms with E-state index in [1.165, 1.54) is 0 Å². The molecule has 7 heteroatoms. The van der Waals surface area contributed by atoms with Crippen molar-refractivity contribution in [3.05, 3.63) is 48.5 Å². The van der Waals surface area contributed by atoms with E-state index >= 15 is 0 Å². The van der Waals surface area contributed by atoms with Gasteiger partial charge >= 0.3 is 0 Å². The molecule has 2 N–H and O–H groups in total. The molecule has 0 saturated heterocycles. The Kier molecular flexibility index (Phi) is 3.12. The van der Waals surface area contributed by atoms with Gasteiger partial charge in [-0.1, -0.05) is 0 Å². The number of hydrogen-bond donors (Lipinski definition) is 2. The normalized spacial score (nSPS) is 19.2. The summed E-state index contributed by atoms with van der Waals surface area (Å²) in [6, 6.07) is 8.02. The fourth-order valence-corrected chi connectivity index (χ4v) is 3.26. The second-order valence-corrected chi connectivity index (χ2v) is 6.74. The number of benzene rings is 1. The third-order valence-electron chi connectivity index (χ3n) is 4.83. The molecule has 1 aliphatic carbocycles. The number of hydrogen-bond acceptors (Lipinski definition) is 3. The molecule has 0 radical (unpaired) electrons. The Bertz CT molecular complexity index is 1160. The molecule has 5 rings (SSSR count). The third-order valence-corrected chi connectivity index (χ3v) is 4.83. The Balaban J connectivity index is 1.50. The smallest absolute Gasteiger partial charge is 0.231 e. The van der Waals surface area contributed by atoms with E-state index < -0.39 is 12.1 Å². The summed E-state index contributed by atoms with van der Waals surface area (Å²) in [5, 5.41) is 2.69. The predicted molar refractivity (Wildman–Crippen MR) is 96.6 cm³/mol. The molecular weight excluding hydrogens is 333 g/mol. The number of carbonyl (C=O) groups is 1. The molecule has 0 bridgehead atoms. The van der Waals surface area contributed by atoms with Crippen LogP contribution in [0.5, 0.6) is 0 Å². The lowest BCUT2D eigenvalue weighted by Gasteiger charge is -2.07. The SMILES string of the molecule is Cc1cc2nc[nH]c2cc1-c1ccc2nc(NC(=O)[C@@H]3C[C@@H]3F)cn2c1. The van der Waals surface area contributed by atoms with Crippen LogP contribution in [0.15, 0.2) is 43.0 Å². The largest absolute Gasteiger partial charge is 0.345 e. The number of aromatic amines is 1. The number of anilines is 1. The zero-order chi connectivity index (χ0) is 17.8. The minimum atomic E-state index is -1.01. The zero-order valence-corrected chi connectivity index (χ0v) is 14.0. The van der Waals surface area contributed by atoms with Crippen LogP contribution in [0.4, 0.5) is 10.2 Å². The summed E-state index contributed by atoms with van der Waals surface area (Å²) in [6.45, 7) is 2.05. The predicted octanol–water partition coefficient (Wildman–Crippen LogP) is 3.48. The van der Waals surface area contributed by atoms with Gasteiger partial charge in [0.2, 0.25) is 5.91 Å². The number of halogens is 1. The van der Waals surface area contributed by atoms with Crippen LogP contribution >= 0.6 is 0 Å². The Morgan fingerprint density at radius 1 is 1.35 bits per heavy atom. The number of alkyl halides is 1. The first-order chi connectivity index (χ1) is 12.6. The molecule has 1 saturated carbocycles. The molecule has 6 nitrogen and oxygen atoms in total. The highest BCUT2D eigenvalue weighted by Gasteiger charge is 2.43. The Hall–Kier alpha value is -3.22. The fraction of sp³-hybridized carbons (Fsp3) is 0.211. The first kappa shape index (κ1) is 15.1. The van der Waals surface area contributed by atoms with Crippen molar-refractivity contribution in [1.29, 1.82) is 0 Å². The minimum Gasteiger partial charge on any atom is -0.345 e. The van der Waals surface area contributed by atoms with Gasteiger partial charge in [-0.25, -0.2) is 14.4 Å². The van der Waals surface area contributed by atoms with Gasteiger partial charge in [0, 0.05) is 6.20 Å². The van der Waals surface area contributed by atoms with Crippen LogP contribution in [0.25, 0.3) is 27.8 Å². The maximum atomic E-state index is 13.0. The molecule has 2 atom stereocenters. The molecule has 0 spiro atoms. The molecule has 3 heterocycles. The molecule has 0 aliphatic heterocycles. The number of rotatable bonds is 3. The standard InChI is InChI=1S/C19H16FN5O/c1-10-4-15-16(22-9-21-15)6-12(10)11-2-3-18-23-17(8-25(18)7-11)24-19(26)13-5-14(13)20/h2-4,6-9,13-14H,5H2,1H3,(H,21,22)(H,24,26)/t13-,14+/m1/s1. The van der Waals surface area contributed by atoms with Crippen LogP contribution in [0.1, 0.15) is 12.0 Å². The lowest BCUT2D eigenvalue weighted by Crippen LogP contribution is -2.15. The number of amides is 1. The van der Waals surface area contributed by atoms with Crippen LogP contribution in [-0.4, -0.2) is 31.4 Å². The molecule has 3 aromatic heterocycles. The number of nitrogens with one attached hydrogen (secondary N) is 2. The third kappa shape index (κ3) is 2.44. The number of carbonyl (C=O) groups excluding carboxylic acids is 1. The summed E-state index contributed by atoms with van der Waals surface area (Å²) in [6.07, 6.45) is 4.69. The van der Waals surface area contributed by atoms with Gasteiger partial charge in [0.15, 0.2) is 5.82 Å². The van der Waals surface area contributed by atoms with Crippen LogP contribution in [-0.2, 0) is 4.79 Å². The fourth-order valence-electron chi connectivity index (χ4n) is 3.26. The first-order valence-electron chi connectivity index (χ1n) is 8.46. The lowest BCUT2D eigenvalue weighted by molar-refractivity contribution is -0.117. The molecule has 1 aliphatic rings. The van der Waals surface area contributed by atoms with Gasteiger partial charge in [0.1, 0.15) is 11.8 Å². The maximum absolute atomic E-state index is 13.0. The van der Waals surface area contributed by atoms with Gasteiger partial charge in [-0.2, -0.15) is 0 Å². The van der Waals surface area contributed by atoms with Gasteiger partial charge in [-0.15, -0.1) is 0 Å². The van der Waals surface area contributed by atoms with Crippen molar-refractivity contribution in [3.8, 4) is 11.1 Å². The summed E-state index contributed by atoms with van der Waals surface area (Å²) in [7, 11) is 0. The quantitative estimate of drug-likeness (QED) is 0.595. The lowest BCUT2D eigenvalue weighted by atomic mass is 10.0. The van der Waals surface area contributed by atoms with E-state index in [2.05, 4.69) is 33.3 Å². The number of nitrogens with zero attached hydrogens (tertiary/aromatic N) is 3. The maximum Gasteiger partial charge on any atom is 0.231 e. The second kappa shape index (κ2) is 5.39. The number of H-pyrrole nitrogens is 1. The highest BCUT2D eigenvalue weighted by Crippen LogP contribution is 2.34. The second-order valence-electron chi connectivity index (χ2n) is 6.74. The number of imidazole rings is 2. The van der Waals surface area contributed by atoms with E-state index in [-0.39, 0.29) is 5.91 Å². The highest BCUT2D eigenvalue weighted by atomic mass is 19.1. The van der Waals surface area contributed by atoms with Crippen molar-refractivity contribution in [2.75, 3.05) is 5.32 Å². The van der Waals surface area contributed by atoms with Crippen molar-refractivity contribution in [2.45, 2.75) is 19.5 Å². The molecule has 26 heavy (non-hydrogen) atoms. The first-order valence-corrected chi connectivity index (χ1v) is 8.46. The summed E-state index contributed by atoms with van der Waals surface area (Å²) < 4.78 is 14.9. The number of fused-ring (bicyclic) bond motifs is 2. The molecule has 0 unspecified atom stereocenters. The topological polar surface area (TPSA) is 75.1 Å². The summed E-state index contributed by atoms with van der Waals surface area (Å²) in [5.74, 6) is -0.396. The molecule has 1 amide bonds. The van der Waals surface area contributed by atoms with Crippen LogP contribution in [0, 0.1) is 12.8 Å². The van der Waals surface area contributed by atoms with E-state index in [1.54, 1.807) is 12.5 Å². The summed E-state index contributed by atoms with van der Waals surface area (Å²) in [5.41, 5.74) is 5.90. The zero-order valence-electron chi connectivity index (χ0n) is 14.0. The van der Waals surface area contributed by atoms with Crippen molar-refractivity contribution < 1.29 is 9.18 Å². The van der Waals surface area contributed by atoms with Crippen molar-refractivity contribution >= 4 is 28.4 Å². The van der Waals surface area contributed by atoms with Crippen LogP contribution in [0.3, 0.4) is 0 Å². The molecule has 1 aromatic carbocycles. The van der Waals surface area contributed by atoms with Crippen molar-refractivity contribution in [3.63, 3.8) is 0 Å². The van der Waals surface area contributed by atoms with Gasteiger partial charge in [0.05, 0.1) is 29.5 Å². The minimum absolute atomic E-state index is 0.304. The van der Waals surface area contributed by atoms with Gasteiger partial charge in [-0.3, -0.25) is 4.79 Å². The molecular formula is C19H16FN5O. The van der Waals surface area contributed by atoms with Gasteiger partial charge < -0.3 is 14.7 Å². The number of aryl methyl sites for hydroxylation is 1. The molecule has 1 fully saturated rings. The van der Waals surface area contributed by atoms with Crippen molar-refractivity contribution in [1.82, 2.24) is 19.4 Å². The highest BCUT2D eigenvalue weighted by molar-refractivity contribution is 5.94. The number of aromatic nitrogens is 4. The Labute approximate surface area is 148 Å². The van der Waals surface area contributed by atoms with Crippen LogP contribution < -0.4 is 5.32 Å².